The first-order chi connectivity index (χ1) is 8.34. The highest BCUT2D eigenvalue weighted by Gasteiger charge is 2.35. The molecule has 4 heteroatoms. The van der Waals surface area contributed by atoms with Gasteiger partial charge in [-0.1, -0.05) is 6.42 Å². The fraction of sp³-hybridized carbons (Fsp3) is 0.923. The van der Waals surface area contributed by atoms with E-state index in [9.17, 15) is 0 Å². The zero-order chi connectivity index (χ0) is 11.7. The number of rotatable bonds is 3. The van der Waals surface area contributed by atoms with Crippen LogP contribution in [0, 0.1) is 0 Å². The third-order valence-electron chi connectivity index (χ3n) is 4.33. The molecule has 0 radical (unpaired) electrons. The molecule has 1 unspecified atom stereocenters. The van der Waals surface area contributed by atoms with Crippen molar-refractivity contribution in [2.75, 3.05) is 26.2 Å². The summed E-state index contributed by atoms with van der Waals surface area (Å²) in [7, 11) is 0. The molecule has 2 saturated heterocycles. The number of likely N-dealkylation sites (tertiary alicyclic amines) is 2. The fourth-order valence-electron chi connectivity index (χ4n) is 2.95. The molecule has 2 aliphatic heterocycles. The van der Waals surface area contributed by atoms with Crippen LogP contribution < -0.4 is 5.73 Å². The lowest BCUT2D eigenvalue weighted by atomic mass is 10.0. The van der Waals surface area contributed by atoms with Gasteiger partial charge < -0.3 is 10.6 Å². The van der Waals surface area contributed by atoms with Gasteiger partial charge in [-0.2, -0.15) is 0 Å². The van der Waals surface area contributed by atoms with E-state index in [2.05, 4.69) is 14.8 Å². The van der Waals surface area contributed by atoms with E-state index >= 15 is 0 Å². The van der Waals surface area contributed by atoms with Gasteiger partial charge in [-0.15, -0.1) is 0 Å². The minimum absolute atomic E-state index is 0.663. The van der Waals surface area contributed by atoms with Crippen LogP contribution in [0.2, 0.25) is 0 Å². The quantitative estimate of drug-likeness (QED) is 0.588. The van der Waals surface area contributed by atoms with E-state index in [1.165, 1.54) is 45.1 Å². The lowest BCUT2D eigenvalue weighted by molar-refractivity contribution is 0.144. The average molecular weight is 236 g/mol. The van der Waals surface area contributed by atoms with Crippen LogP contribution in [0.4, 0.5) is 0 Å². The summed E-state index contributed by atoms with van der Waals surface area (Å²) < 4.78 is 0. The summed E-state index contributed by atoms with van der Waals surface area (Å²) in [6, 6.07) is 1.54. The van der Waals surface area contributed by atoms with Gasteiger partial charge in [0.15, 0.2) is 5.96 Å². The summed E-state index contributed by atoms with van der Waals surface area (Å²) in [4.78, 5) is 9.48. The second kappa shape index (κ2) is 4.84. The van der Waals surface area contributed by atoms with E-state index in [0.29, 0.717) is 6.04 Å². The number of nitrogens with zero attached hydrogens (tertiary/aromatic N) is 3. The first-order valence-corrected chi connectivity index (χ1v) is 7.15. The Morgan fingerprint density at radius 3 is 2.53 bits per heavy atom. The van der Waals surface area contributed by atoms with Crippen LogP contribution in [0.15, 0.2) is 4.99 Å². The van der Waals surface area contributed by atoms with Crippen LogP contribution in [0.3, 0.4) is 0 Å². The minimum Gasteiger partial charge on any atom is -0.370 e. The summed E-state index contributed by atoms with van der Waals surface area (Å²) in [6.07, 6.45) is 8.14. The molecule has 0 aromatic carbocycles. The van der Waals surface area contributed by atoms with Gasteiger partial charge in [0, 0.05) is 25.2 Å². The van der Waals surface area contributed by atoms with Gasteiger partial charge in [0.1, 0.15) is 0 Å². The molecular formula is C13H24N4. The predicted molar refractivity (Wildman–Crippen MR) is 70.0 cm³/mol. The van der Waals surface area contributed by atoms with Gasteiger partial charge in [-0.25, -0.2) is 0 Å². The van der Waals surface area contributed by atoms with Crippen molar-refractivity contribution in [3.63, 3.8) is 0 Å². The Balaban J connectivity index is 1.54. The molecule has 1 saturated carbocycles. The first kappa shape index (κ1) is 11.3. The standard InChI is InChI=1S/C13H24N4/c14-13(16-7-3-8-16)15-10-12-4-1-2-9-17(12)11-5-6-11/h11-12H,1-10H2,(H2,14,15). The van der Waals surface area contributed by atoms with Crippen LogP contribution >= 0.6 is 0 Å². The van der Waals surface area contributed by atoms with Crippen LogP contribution in [-0.2, 0) is 0 Å². The Bertz CT molecular complexity index is 294. The summed E-state index contributed by atoms with van der Waals surface area (Å²) in [6.45, 7) is 4.41. The molecule has 96 valence electrons. The topological polar surface area (TPSA) is 44.9 Å². The average Bonchev–Trinajstić information content (AvgIpc) is 3.08. The zero-order valence-electron chi connectivity index (χ0n) is 10.6. The number of aliphatic imine (C=N–C) groups is 1. The second-order valence-electron chi connectivity index (χ2n) is 5.66. The number of hydrogen-bond donors (Lipinski definition) is 1. The molecule has 17 heavy (non-hydrogen) atoms. The normalized spacial score (nSPS) is 31.4. The molecule has 0 aromatic rings. The Morgan fingerprint density at radius 1 is 1.06 bits per heavy atom. The fourth-order valence-corrected chi connectivity index (χ4v) is 2.95. The van der Waals surface area contributed by atoms with Crippen LogP contribution in [0.1, 0.15) is 38.5 Å². The molecule has 0 aromatic heterocycles. The van der Waals surface area contributed by atoms with E-state index in [-0.39, 0.29) is 0 Å². The van der Waals surface area contributed by atoms with E-state index in [4.69, 9.17) is 5.73 Å². The Hall–Kier alpha value is -0.770. The summed E-state index contributed by atoms with van der Waals surface area (Å²) >= 11 is 0. The van der Waals surface area contributed by atoms with Crippen molar-refractivity contribution in [1.82, 2.24) is 9.80 Å². The minimum atomic E-state index is 0.663. The van der Waals surface area contributed by atoms with Gasteiger partial charge >= 0.3 is 0 Å². The molecule has 1 atom stereocenters. The van der Waals surface area contributed by atoms with Gasteiger partial charge in [-0.05, 0) is 38.6 Å². The summed E-state index contributed by atoms with van der Waals surface area (Å²) in [5.41, 5.74) is 5.99. The maximum absolute atomic E-state index is 5.99. The largest absolute Gasteiger partial charge is 0.370 e. The molecule has 4 nitrogen and oxygen atoms in total. The molecule has 3 aliphatic rings. The number of hydrogen-bond acceptors (Lipinski definition) is 2. The number of nitrogens with two attached hydrogens (primary N) is 1. The van der Waals surface area contributed by atoms with Crippen molar-refractivity contribution in [2.45, 2.75) is 50.6 Å². The van der Waals surface area contributed by atoms with Crippen LogP contribution in [0.5, 0.6) is 0 Å². The lowest BCUT2D eigenvalue weighted by Crippen LogP contribution is -2.48. The SMILES string of the molecule is NC(=NCC1CCCCN1C1CC1)N1CCC1. The van der Waals surface area contributed by atoms with Crippen molar-refractivity contribution in [3.8, 4) is 0 Å². The van der Waals surface area contributed by atoms with Crippen molar-refractivity contribution < 1.29 is 0 Å². The highest BCUT2D eigenvalue weighted by molar-refractivity contribution is 5.78. The number of piperidine rings is 1. The molecule has 1 aliphatic carbocycles. The van der Waals surface area contributed by atoms with E-state index in [0.717, 1.165) is 31.6 Å². The molecule has 0 amide bonds. The van der Waals surface area contributed by atoms with Crippen molar-refractivity contribution in [1.29, 1.82) is 0 Å². The maximum Gasteiger partial charge on any atom is 0.191 e. The van der Waals surface area contributed by atoms with Gasteiger partial charge in [-0.3, -0.25) is 9.89 Å². The third kappa shape index (κ3) is 2.57. The summed E-state index contributed by atoms with van der Waals surface area (Å²) in [5, 5.41) is 0. The zero-order valence-corrected chi connectivity index (χ0v) is 10.6. The highest BCUT2D eigenvalue weighted by atomic mass is 15.3. The van der Waals surface area contributed by atoms with Crippen LogP contribution in [0.25, 0.3) is 0 Å². The maximum atomic E-state index is 5.99. The molecule has 3 fully saturated rings. The van der Waals surface area contributed by atoms with Crippen molar-refractivity contribution >= 4 is 5.96 Å². The Kier molecular flexibility index (Phi) is 3.23. The molecule has 0 bridgehead atoms. The Labute approximate surface area is 104 Å². The first-order valence-electron chi connectivity index (χ1n) is 7.15. The van der Waals surface area contributed by atoms with Crippen LogP contribution in [-0.4, -0.2) is 54.0 Å². The van der Waals surface area contributed by atoms with E-state index in [1.807, 2.05) is 0 Å². The molecule has 0 spiro atoms. The van der Waals surface area contributed by atoms with Gasteiger partial charge in [0.2, 0.25) is 0 Å². The van der Waals surface area contributed by atoms with Gasteiger partial charge in [0.05, 0.1) is 6.54 Å². The smallest absolute Gasteiger partial charge is 0.191 e. The molecular weight excluding hydrogens is 212 g/mol. The second-order valence-corrected chi connectivity index (χ2v) is 5.66. The lowest BCUT2D eigenvalue weighted by Gasteiger charge is -2.36. The van der Waals surface area contributed by atoms with Gasteiger partial charge in [0.25, 0.3) is 0 Å². The molecule has 2 heterocycles. The monoisotopic (exact) mass is 236 g/mol. The van der Waals surface area contributed by atoms with E-state index < -0.39 is 0 Å². The highest BCUT2D eigenvalue weighted by Crippen LogP contribution is 2.32. The van der Waals surface area contributed by atoms with E-state index in [1.54, 1.807) is 0 Å². The summed E-state index contributed by atoms with van der Waals surface area (Å²) in [5.74, 6) is 0.776. The number of guanidine groups is 1. The predicted octanol–water partition coefficient (Wildman–Crippen LogP) is 1.02. The molecule has 2 N–H and O–H groups in total. The third-order valence-corrected chi connectivity index (χ3v) is 4.33. The van der Waals surface area contributed by atoms with Crippen molar-refractivity contribution in [3.05, 3.63) is 0 Å². The molecule has 3 rings (SSSR count). The van der Waals surface area contributed by atoms with Crippen molar-refractivity contribution in [2.24, 2.45) is 10.7 Å². The Morgan fingerprint density at radius 2 is 1.88 bits per heavy atom.